The summed E-state index contributed by atoms with van der Waals surface area (Å²) >= 11 is 0. The molecule has 2 rings (SSSR count). The number of aromatic nitrogens is 2. The lowest BCUT2D eigenvalue weighted by atomic mass is 10.1. The van der Waals surface area contributed by atoms with Gasteiger partial charge < -0.3 is 4.42 Å². The van der Waals surface area contributed by atoms with Crippen molar-refractivity contribution in [1.29, 1.82) is 0 Å². The smallest absolute Gasteiger partial charge is 0.246 e. The number of nitrogens with zero attached hydrogens (tertiary/aromatic N) is 2. The Balaban J connectivity index is 2.60. The van der Waals surface area contributed by atoms with Gasteiger partial charge in [0, 0.05) is 5.69 Å². The molecule has 0 saturated heterocycles. The molecule has 0 aliphatic rings. The van der Waals surface area contributed by atoms with Gasteiger partial charge in [-0.25, -0.2) is 9.97 Å². The number of fused-ring (bicyclic) bond motifs is 1. The third kappa shape index (κ3) is 1.07. The Kier molecular flexibility index (Phi) is 1.57. The van der Waals surface area contributed by atoms with Crippen LogP contribution in [0.5, 0.6) is 0 Å². The number of pyridine rings is 1. The fraction of sp³-hybridized carbons (Fsp3) is 0.333. The first-order chi connectivity index (χ1) is 5.77. The van der Waals surface area contributed by atoms with Gasteiger partial charge in [-0.3, -0.25) is 0 Å². The maximum atomic E-state index is 5.09. The molecule has 3 nitrogen and oxygen atoms in total. The number of hydrogen-bond donors (Lipinski definition) is 0. The van der Waals surface area contributed by atoms with Gasteiger partial charge in [0.05, 0.1) is 0 Å². The van der Waals surface area contributed by atoms with Gasteiger partial charge in [0.1, 0.15) is 5.52 Å². The minimum atomic E-state index is 0.430. The van der Waals surface area contributed by atoms with Gasteiger partial charge in [-0.05, 0) is 18.1 Å². The lowest BCUT2D eigenvalue weighted by Crippen LogP contribution is -1.90. The molecule has 2 aromatic heterocycles. The summed E-state index contributed by atoms with van der Waals surface area (Å²) in [5, 5.41) is 0. The molecule has 0 aromatic carbocycles. The van der Waals surface area contributed by atoms with Crippen LogP contribution in [0.3, 0.4) is 0 Å². The van der Waals surface area contributed by atoms with E-state index in [4.69, 9.17) is 4.42 Å². The predicted octanol–water partition coefficient (Wildman–Crippen LogP) is 2.35. The van der Waals surface area contributed by atoms with E-state index in [9.17, 15) is 0 Å². The van der Waals surface area contributed by atoms with Crippen LogP contribution in [-0.2, 0) is 0 Å². The summed E-state index contributed by atoms with van der Waals surface area (Å²) in [6, 6.07) is 3.91. The summed E-state index contributed by atoms with van der Waals surface area (Å²) in [5.41, 5.74) is 2.49. The Bertz CT molecular complexity index is 392. The van der Waals surface area contributed by atoms with E-state index in [1.54, 1.807) is 0 Å². The average Bonchev–Trinajstić information content (AvgIpc) is 2.49. The summed E-state index contributed by atoms with van der Waals surface area (Å²) in [6.45, 7) is 4.20. The van der Waals surface area contributed by atoms with E-state index in [2.05, 4.69) is 23.8 Å². The maximum Gasteiger partial charge on any atom is 0.246 e. The molecule has 0 atom stereocenters. The second kappa shape index (κ2) is 2.59. The normalized spacial score (nSPS) is 11.2. The summed E-state index contributed by atoms with van der Waals surface area (Å²) in [4.78, 5) is 8.30. The fourth-order valence-corrected chi connectivity index (χ4v) is 1.09. The van der Waals surface area contributed by atoms with Gasteiger partial charge in [0.25, 0.3) is 0 Å². The minimum Gasteiger partial charge on any atom is -0.425 e. The molecule has 3 heteroatoms. The molecule has 0 radical (unpaired) electrons. The summed E-state index contributed by atoms with van der Waals surface area (Å²) in [6.07, 6.45) is 1.42. The highest BCUT2D eigenvalue weighted by molar-refractivity contribution is 5.67. The first kappa shape index (κ1) is 7.28. The van der Waals surface area contributed by atoms with Crippen molar-refractivity contribution in [2.24, 2.45) is 0 Å². The van der Waals surface area contributed by atoms with Crippen LogP contribution in [0.1, 0.15) is 25.5 Å². The number of oxazole rings is 1. The minimum absolute atomic E-state index is 0.430. The van der Waals surface area contributed by atoms with Crippen LogP contribution in [0.25, 0.3) is 11.2 Å². The molecular weight excluding hydrogens is 152 g/mol. The van der Waals surface area contributed by atoms with Gasteiger partial charge in [0.2, 0.25) is 5.71 Å². The van der Waals surface area contributed by atoms with Crippen molar-refractivity contribution in [3.8, 4) is 0 Å². The molecule has 0 unspecified atom stereocenters. The van der Waals surface area contributed by atoms with E-state index in [1.807, 2.05) is 12.1 Å². The standard InChI is InChI=1S/C9H10N2O/c1-6(2)7-3-4-8-9(11-7)12-5-10-8/h3-6H,1-2H3. The average molecular weight is 162 g/mol. The Labute approximate surface area is 70.4 Å². The van der Waals surface area contributed by atoms with Gasteiger partial charge in [-0.2, -0.15) is 0 Å². The summed E-state index contributed by atoms with van der Waals surface area (Å²) < 4.78 is 5.09. The monoisotopic (exact) mass is 162 g/mol. The molecule has 0 fully saturated rings. The Morgan fingerprint density at radius 2 is 2.17 bits per heavy atom. The first-order valence-corrected chi connectivity index (χ1v) is 3.97. The highest BCUT2D eigenvalue weighted by atomic mass is 16.3. The van der Waals surface area contributed by atoms with Crippen molar-refractivity contribution < 1.29 is 4.42 Å². The number of rotatable bonds is 1. The predicted molar refractivity (Wildman–Crippen MR) is 45.9 cm³/mol. The zero-order valence-corrected chi connectivity index (χ0v) is 7.11. The van der Waals surface area contributed by atoms with Crippen LogP contribution in [0.2, 0.25) is 0 Å². The van der Waals surface area contributed by atoms with Crippen LogP contribution >= 0.6 is 0 Å². The molecule has 0 amide bonds. The second-order valence-corrected chi connectivity index (χ2v) is 3.07. The van der Waals surface area contributed by atoms with Gasteiger partial charge in [0.15, 0.2) is 6.39 Å². The van der Waals surface area contributed by atoms with E-state index in [-0.39, 0.29) is 0 Å². The fourth-order valence-electron chi connectivity index (χ4n) is 1.09. The van der Waals surface area contributed by atoms with Crippen molar-refractivity contribution in [3.63, 3.8) is 0 Å². The van der Waals surface area contributed by atoms with E-state index in [0.717, 1.165) is 11.2 Å². The molecule has 0 aliphatic heterocycles. The molecule has 62 valence electrons. The van der Waals surface area contributed by atoms with E-state index >= 15 is 0 Å². The molecule has 2 heterocycles. The van der Waals surface area contributed by atoms with E-state index < -0.39 is 0 Å². The topological polar surface area (TPSA) is 38.9 Å². The van der Waals surface area contributed by atoms with E-state index in [1.165, 1.54) is 6.39 Å². The quantitative estimate of drug-likeness (QED) is 0.646. The third-order valence-electron chi connectivity index (χ3n) is 1.81. The van der Waals surface area contributed by atoms with Crippen LogP contribution < -0.4 is 0 Å². The van der Waals surface area contributed by atoms with Crippen molar-refractivity contribution in [3.05, 3.63) is 24.2 Å². The summed E-state index contributed by atoms with van der Waals surface area (Å²) in [5.74, 6) is 0.430. The van der Waals surface area contributed by atoms with Gasteiger partial charge >= 0.3 is 0 Å². The van der Waals surface area contributed by atoms with Gasteiger partial charge in [-0.15, -0.1) is 0 Å². The lowest BCUT2D eigenvalue weighted by molar-refractivity contribution is 0.587. The molecule has 2 aromatic rings. The molecule has 0 aliphatic carbocycles. The van der Waals surface area contributed by atoms with Crippen LogP contribution in [-0.4, -0.2) is 9.97 Å². The van der Waals surface area contributed by atoms with Crippen LogP contribution in [0.15, 0.2) is 22.9 Å². The maximum absolute atomic E-state index is 5.09. The Morgan fingerprint density at radius 1 is 1.33 bits per heavy atom. The van der Waals surface area contributed by atoms with Gasteiger partial charge in [-0.1, -0.05) is 13.8 Å². The second-order valence-electron chi connectivity index (χ2n) is 3.07. The Hall–Kier alpha value is -1.38. The lowest BCUT2D eigenvalue weighted by Gasteiger charge is -2.01. The molecule has 0 N–H and O–H groups in total. The van der Waals surface area contributed by atoms with Crippen molar-refractivity contribution >= 4 is 11.2 Å². The van der Waals surface area contributed by atoms with Crippen molar-refractivity contribution in [2.75, 3.05) is 0 Å². The number of hydrogen-bond acceptors (Lipinski definition) is 3. The highest BCUT2D eigenvalue weighted by Gasteiger charge is 2.04. The zero-order valence-electron chi connectivity index (χ0n) is 7.11. The largest absolute Gasteiger partial charge is 0.425 e. The van der Waals surface area contributed by atoms with E-state index in [0.29, 0.717) is 11.6 Å². The highest BCUT2D eigenvalue weighted by Crippen LogP contribution is 2.15. The molecule has 0 saturated carbocycles. The van der Waals surface area contributed by atoms with Crippen LogP contribution in [0, 0.1) is 0 Å². The summed E-state index contributed by atoms with van der Waals surface area (Å²) in [7, 11) is 0. The van der Waals surface area contributed by atoms with Crippen molar-refractivity contribution in [1.82, 2.24) is 9.97 Å². The molecule has 0 spiro atoms. The zero-order chi connectivity index (χ0) is 8.55. The van der Waals surface area contributed by atoms with Crippen molar-refractivity contribution in [2.45, 2.75) is 19.8 Å². The molecule has 0 bridgehead atoms. The molecular formula is C9H10N2O. The SMILES string of the molecule is CC(C)c1ccc2ncoc2n1. The first-order valence-electron chi connectivity index (χ1n) is 3.97. The Morgan fingerprint density at radius 3 is 2.92 bits per heavy atom. The third-order valence-corrected chi connectivity index (χ3v) is 1.81. The van der Waals surface area contributed by atoms with Crippen LogP contribution in [0.4, 0.5) is 0 Å². The molecule has 12 heavy (non-hydrogen) atoms.